The van der Waals surface area contributed by atoms with Crippen molar-refractivity contribution >= 4 is 26.8 Å². The van der Waals surface area contributed by atoms with Crippen LogP contribution in [-0.4, -0.2) is 42.8 Å². The van der Waals surface area contributed by atoms with Crippen LogP contribution < -0.4 is 10.1 Å². The molecule has 1 unspecified atom stereocenters. The topological polar surface area (TPSA) is 90.3 Å². The molecule has 0 spiro atoms. The minimum absolute atomic E-state index is 0.00349. The van der Waals surface area contributed by atoms with Crippen LogP contribution in [0.15, 0.2) is 48.5 Å². The number of fused-ring (bicyclic) bond motifs is 2. The van der Waals surface area contributed by atoms with E-state index < -0.39 is 9.84 Å². The minimum atomic E-state index is -3.28. The van der Waals surface area contributed by atoms with Crippen molar-refractivity contribution in [2.24, 2.45) is 0 Å². The minimum Gasteiger partial charge on any atom is -0.491 e. The van der Waals surface area contributed by atoms with Gasteiger partial charge in [0.1, 0.15) is 30.5 Å². The van der Waals surface area contributed by atoms with Crippen molar-refractivity contribution in [2.45, 2.75) is 24.8 Å². The van der Waals surface area contributed by atoms with Gasteiger partial charge in [-0.3, -0.25) is 4.79 Å². The second kappa shape index (κ2) is 7.27. The normalized spacial score (nSPS) is 16.4. The highest BCUT2D eigenvalue weighted by atomic mass is 32.2. The smallest absolute Gasteiger partial charge is 0.240 e. The van der Waals surface area contributed by atoms with Gasteiger partial charge in [-0.05, 0) is 30.2 Å². The second-order valence-electron chi connectivity index (χ2n) is 7.06. The van der Waals surface area contributed by atoms with Crippen LogP contribution in [0.2, 0.25) is 0 Å². The number of aromatic nitrogens is 2. The summed E-state index contributed by atoms with van der Waals surface area (Å²) in [4.78, 5) is 17.1. The zero-order valence-electron chi connectivity index (χ0n) is 15.5. The summed E-state index contributed by atoms with van der Waals surface area (Å²) >= 11 is 0. The van der Waals surface area contributed by atoms with E-state index in [1.165, 1.54) is 0 Å². The summed E-state index contributed by atoms with van der Waals surface area (Å²) in [5.74, 6) is 0.800. The van der Waals surface area contributed by atoms with Crippen LogP contribution in [0.25, 0.3) is 11.0 Å². The summed E-state index contributed by atoms with van der Waals surface area (Å²) in [6.45, 7) is 0.410. The molecule has 4 rings (SSSR count). The predicted molar refractivity (Wildman–Crippen MR) is 106 cm³/mol. The molecule has 0 fully saturated rings. The third kappa shape index (κ3) is 4.01. The summed E-state index contributed by atoms with van der Waals surface area (Å²) in [7, 11) is -3.28. The molecule has 1 amide bonds. The molecule has 2 aromatic carbocycles. The van der Waals surface area contributed by atoms with Gasteiger partial charge in [-0.2, -0.15) is 0 Å². The Morgan fingerprint density at radius 1 is 1.21 bits per heavy atom. The first kappa shape index (κ1) is 18.5. The van der Waals surface area contributed by atoms with Crippen molar-refractivity contribution < 1.29 is 17.9 Å². The number of nitrogens with one attached hydrogen (secondary N) is 1. The molecular weight excluding hydrogens is 378 g/mol. The lowest BCUT2D eigenvalue weighted by Gasteiger charge is -2.26. The van der Waals surface area contributed by atoms with Gasteiger partial charge < -0.3 is 14.6 Å². The van der Waals surface area contributed by atoms with E-state index in [0.29, 0.717) is 24.4 Å². The Kier molecular flexibility index (Phi) is 4.80. The molecule has 1 aliphatic rings. The van der Waals surface area contributed by atoms with Crippen molar-refractivity contribution in [1.82, 2.24) is 14.9 Å². The van der Waals surface area contributed by atoms with E-state index in [-0.39, 0.29) is 24.2 Å². The predicted octanol–water partition coefficient (Wildman–Crippen LogP) is 1.70. The Hall–Kier alpha value is -2.87. The van der Waals surface area contributed by atoms with Crippen LogP contribution in [0.4, 0.5) is 0 Å². The lowest BCUT2D eigenvalue weighted by Crippen LogP contribution is -2.44. The van der Waals surface area contributed by atoms with Crippen molar-refractivity contribution in [3.05, 3.63) is 59.9 Å². The van der Waals surface area contributed by atoms with Gasteiger partial charge in [-0.1, -0.05) is 30.3 Å². The van der Waals surface area contributed by atoms with Gasteiger partial charge in [0.2, 0.25) is 5.91 Å². The molecule has 0 bridgehead atoms. The number of hydrogen-bond donors (Lipinski definition) is 1. The highest BCUT2D eigenvalue weighted by Gasteiger charge is 2.22. The Morgan fingerprint density at radius 3 is 2.79 bits per heavy atom. The maximum atomic E-state index is 12.7. The summed E-state index contributed by atoms with van der Waals surface area (Å²) in [5.41, 5.74) is 2.47. The SMILES string of the molecule is CS(=O)(=O)Cc1nc2ccccc2n1CC(=O)NC1COc2ccccc2C1. The van der Waals surface area contributed by atoms with Gasteiger partial charge in [0.25, 0.3) is 0 Å². The molecule has 2 heterocycles. The quantitative estimate of drug-likeness (QED) is 0.705. The maximum absolute atomic E-state index is 12.7. The van der Waals surface area contributed by atoms with Crippen molar-refractivity contribution in [3.63, 3.8) is 0 Å². The Morgan fingerprint density at radius 2 is 1.96 bits per heavy atom. The summed E-state index contributed by atoms with van der Waals surface area (Å²) in [6, 6.07) is 15.0. The number of imidazole rings is 1. The van der Waals surface area contributed by atoms with Crippen LogP contribution in [0.5, 0.6) is 5.75 Å². The average Bonchev–Trinajstić information content (AvgIpc) is 2.97. The number of ether oxygens (including phenoxy) is 1. The number of amides is 1. The molecule has 1 atom stereocenters. The maximum Gasteiger partial charge on any atom is 0.240 e. The van der Waals surface area contributed by atoms with Crippen LogP contribution >= 0.6 is 0 Å². The fourth-order valence-electron chi connectivity index (χ4n) is 3.48. The molecule has 1 N–H and O–H groups in total. The first-order chi connectivity index (χ1) is 13.4. The Labute approximate surface area is 163 Å². The fourth-order valence-corrected chi connectivity index (χ4v) is 4.17. The Bertz CT molecular complexity index is 1140. The molecule has 3 aromatic rings. The second-order valence-corrected chi connectivity index (χ2v) is 9.20. The molecule has 8 heteroatoms. The van der Waals surface area contributed by atoms with E-state index >= 15 is 0 Å². The highest BCUT2D eigenvalue weighted by Crippen LogP contribution is 2.24. The van der Waals surface area contributed by atoms with E-state index in [2.05, 4.69) is 10.3 Å². The first-order valence-corrected chi connectivity index (χ1v) is 11.1. The molecule has 0 aliphatic carbocycles. The highest BCUT2D eigenvalue weighted by molar-refractivity contribution is 7.89. The largest absolute Gasteiger partial charge is 0.491 e. The number of rotatable bonds is 5. The molecule has 1 aromatic heterocycles. The molecular formula is C20H21N3O4S. The van der Waals surface area contributed by atoms with Gasteiger partial charge >= 0.3 is 0 Å². The number of carbonyl (C=O) groups excluding carboxylic acids is 1. The lowest BCUT2D eigenvalue weighted by molar-refractivity contribution is -0.122. The van der Waals surface area contributed by atoms with Gasteiger partial charge in [-0.25, -0.2) is 13.4 Å². The standard InChI is InChI=1S/C20H21N3O4S/c1-28(25,26)13-19-22-16-7-3-4-8-17(16)23(19)11-20(24)21-15-10-14-6-2-5-9-18(14)27-12-15/h2-9,15H,10-13H2,1H3,(H,21,24). The molecule has 7 nitrogen and oxygen atoms in total. The Balaban J connectivity index is 1.53. The number of carbonyl (C=O) groups is 1. The molecule has 0 radical (unpaired) electrons. The van der Waals surface area contributed by atoms with Gasteiger partial charge in [0.05, 0.1) is 17.1 Å². The van der Waals surface area contributed by atoms with Crippen molar-refractivity contribution in [3.8, 4) is 5.75 Å². The van der Waals surface area contributed by atoms with Crippen LogP contribution in [0.1, 0.15) is 11.4 Å². The molecule has 146 valence electrons. The average molecular weight is 399 g/mol. The zero-order chi connectivity index (χ0) is 19.7. The monoisotopic (exact) mass is 399 g/mol. The number of hydrogen-bond acceptors (Lipinski definition) is 5. The number of nitrogens with zero attached hydrogens (tertiary/aromatic N) is 2. The number of para-hydroxylation sites is 3. The zero-order valence-corrected chi connectivity index (χ0v) is 16.3. The summed E-state index contributed by atoms with van der Waals surface area (Å²) < 4.78 is 30.9. The van der Waals surface area contributed by atoms with Crippen molar-refractivity contribution in [1.29, 1.82) is 0 Å². The van der Waals surface area contributed by atoms with Crippen molar-refractivity contribution in [2.75, 3.05) is 12.9 Å². The molecule has 1 aliphatic heterocycles. The van der Waals surface area contributed by atoms with E-state index in [1.807, 2.05) is 42.5 Å². The lowest BCUT2D eigenvalue weighted by atomic mass is 10.0. The van der Waals surface area contributed by atoms with Crippen LogP contribution in [0, 0.1) is 0 Å². The van der Waals surface area contributed by atoms with E-state index in [4.69, 9.17) is 4.74 Å². The molecule has 0 saturated carbocycles. The fraction of sp³-hybridized carbons (Fsp3) is 0.300. The number of sulfone groups is 1. The summed E-state index contributed by atoms with van der Waals surface area (Å²) in [6.07, 6.45) is 1.86. The third-order valence-electron chi connectivity index (χ3n) is 4.67. The first-order valence-electron chi connectivity index (χ1n) is 9.01. The van der Waals surface area contributed by atoms with E-state index in [0.717, 1.165) is 23.1 Å². The molecule has 0 saturated heterocycles. The van der Waals surface area contributed by atoms with Gasteiger partial charge in [0, 0.05) is 6.26 Å². The number of benzene rings is 2. The third-order valence-corrected chi connectivity index (χ3v) is 5.45. The van der Waals surface area contributed by atoms with Gasteiger partial charge in [0.15, 0.2) is 9.84 Å². The van der Waals surface area contributed by atoms with Crippen LogP contribution in [0.3, 0.4) is 0 Å². The van der Waals surface area contributed by atoms with E-state index in [9.17, 15) is 13.2 Å². The van der Waals surface area contributed by atoms with E-state index in [1.54, 1.807) is 10.6 Å². The van der Waals surface area contributed by atoms with Gasteiger partial charge in [-0.15, -0.1) is 0 Å². The van der Waals surface area contributed by atoms with Crippen LogP contribution in [-0.2, 0) is 33.4 Å². The molecule has 28 heavy (non-hydrogen) atoms. The summed E-state index contributed by atoms with van der Waals surface area (Å²) in [5, 5.41) is 2.99.